The third-order valence-electron chi connectivity index (χ3n) is 2.01. The van der Waals surface area contributed by atoms with Crippen molar-refractivity contribution in [1.29, 1.82) is 0 Å². The Labute approximate surface area is 91.6 Å². The lowest BCUT2D eigenvalue weighted by Crippen LogP contribution is -2.05. The molecule has 0 amide bonds. The average molecular weight is 221 g/mol. The predicted molar refractivity (Wildman–Crippen MR) is 58.1 cm³/mol. The van der Waals surface area contributed by atoms with E-state index < -0.39 is 0 Å². The summed E-state index contributed by atoms with van der Waals surface area (Å²) in [6, 6.07) is 1.72. The maximum atomic E-state index is 11.7. The number of hydrogen-bond acceptors (Lipinski definition) is 4. The van der Waals surface area contributed by atoms with Gasteiger partial charge in [-0.05, 0) is 13.0 Å². The van der Waals surface area contributed by atoms with Crippen molar-refractivity contribution in [2.45, 2.75) is 13.3 Å². The zero-order chi connectivity index (χ0) is 10.8. The van der Waals surface area contributed by atoms with Gasteiger partial charge in [0, 0.05) is 18.6 Å². The highest BCUT2D eigenvalue weighted by molar-refractivity contribution is 7.09. The molecule has 2 heterocycles. The Morgan fingerprint density at radius 2 is 2.40 bits per heavy atom. The molecule has 78 valence electrons. The second-order valence-electron chi connectivity index (χ2n) is 3.33. The van der Waals surface area contributed by atoms with Gasteiger partial charge in [-0.3, -0.25) is 9.48 Å². The minimum Gasteiger partial charge on any atom is -0.292 e. The monoisotopic (exact) mass is 221 g/mol. The molecule has 0 fully saturated rings. The van der Waals surface area contributed by atoms with Gasteiger partial charge in [-0.2, -0.15) is 5.10 Å². The number of ketones is 1. The predicted octanol–water partition coefficient (Wildman–Crippen LogP) is 1.61. The van der Waals surface area contributed by atoms with Crippen molar-refractivity contribution in [2.24, 2.45) is 7.05 Å². The molecule has 0 aliphatic carbocycles. The summed E-state index contributed by atoms with van der Waals surface area (Å²) in [5.74, 6) is 0.0147. The molecule has 0 aliphatic rings. The van der Waals surface area contributed by atoms with Gasteiger partial charge in [0.2, 0.25) is 0 Å². The van der Waals surface area contributed by atoms with Crippen LogP contribution in [0.5, 0.6) is 0 Å². The molecule has 2 aromatic rings. The summed E-state index contributed by atoms with van der Waals surface area (Å²) in [6.45, 7) is 1.93. The van der Waals surface area contributed by atoms with Crippen LogP contribution in [0.25, 0.3) is 0 Å². The van der Waals surface area contributed by atoms with E-state index in [1.807, 2.05) is 12.3 Å². The molecule has 0 saturated heterocycles. The molecule has 0 atom stereocenters. The first-order chi connectivity index (χ1) is 7.15. The molecule has 0 saturated carbocycles. The van der Waals surface area contributed by atoms with Crippen LogP contribution in [0.15, 0.2) is 17.6 Å². The van der Waals surface area contributed by atoms with Crippen LogP contribution in [0.1, 0.15) is 21.2 Å². The van der Waals surface area contributed by atoms with Crippen LogP contribution < -0.4 is 0 Å². The van der Waals surface area contributed by atoms with Crippen molar-refractivity contribution in [3.8, 4) is 0 Å². The van der Waals surface area contributed by atoms with E-state index in [2.05, 4.69) is 10.1 Å². The van der Waals surface area contributed by atoms with E-state index in [4.69, 9.17) is 0 Å². The number of aromatic nitrogens is 3. The van der Waals surface area contributed by atoms with Gasteiger partial charge >= 0.3 is 0 Å². The highest BCUT2D eigenvalue weighted by Crippen LogP contribution is 2.10. The molecule has 0 spiro atoms. The Balaban J connectivity index is 2.10. The molecular formula is C10H11N3OS. The van der Waals surface area contributed by atoms with Gasteiger partial charge in [0.05, 0.1) is 17.1 Å². The van der Waals surface area contributed by atoms with Gasteiger partial charge in [-0.25, -0.2) is 4.98 Å². The van der Waals surface area contributed by atoms with Gasteiger partial charge in [0.15, 0.2) is 5.78 Å². The van der Waals surface area contributed by atoms with Gasteiger partial charge in [-0.1, -0.05) is 0 Å². The molecule has 0 aliphatic heterocycles. The molecule has 5 heteroatoms. The normalized spacial score (nSPS) is 10.5. The van der Waals surface area contributed by atoms with Gasteiger partial charge in [0.1, 0.15) is 5.69 Å². The molecule has 2 aromatic heterocycles. The fourth-order valence-electron chi connectivity index (χ4n) is 1.31. The van der Waals surface area contributed by atoms with Gasteiger partial charge in [0.25, 0.3) is 0 Å². The Kier molecular flexibility index (Phi) is 2.64. The maximum Gasteiger partial charge on any atom is 0.189 e. The van der Waals surface area contributed by atoms with E-state index in [0.29, 0.717) is 12.1 Å². The average Bonchev–Trinajstić information content (AvgIpc) is 2.75. The van der Waals surface area contributed by atoms with E-state index in [0.717, 1.165) is 10.7 Å². The molecule has 0 N–H and O–H groups in total. The van der Waals surface area contributed by atoms with Crippen LogP contribution in [-0.2, 0) is 13.5 Å². The Bertz CT molecular complexity index is 486. The van der Waals surface area contributed by atoms with Crippen LogP contribution in [0.4, 0.5) is 0 Å². The van der Waals surface area contributed by atoms with Crippen molar-refractivity contribution in [2.75, 3.05) is 0 Å². The van der Waals surface area contributed by atoms with E-state index in [9.17, 15) is 4.79 Å². The van der Waals surface area contributed by atoms with Crippen LogP contribution in [0, 0.1) is 6.92 Å². The smallest absolute Gasteiger partial charge is 0.189 e. The van der Waals surface area contributed by atoms with Crippen molar-refractivity contribution in [3.05, 3.63) is 34.0 Å². The van der Waals surface area contributed by atoms with Crippen molar-refractivity contribution in [3.63, 3.8) is 0 Å². The lowest BCUT2D eigenvalue weighted by atomic mass is 10.2. The summed E-state index contributed by atoms with van der Waals surface area (Å²) in [5.41, 5.74) is 1.33. The van der Waals surface area contributed by atoms with Crippen molar-refractivity contribution in [1.82, 2.24) is 14.8 Å². The molecular weight excluding hydrogens is 210 g/mol. The van der Waals surface area contributed by atoms with Gasteiger partial charge < -0.3 is 0 Å². The second kappa shape index (κ2) is 3.94. The Morgan fingerprint density at radius 1 is 1.60 bits per heavy atom. The van der Waals surface area contributed by atoms with Gasteiger partial charge in [-0.15, -0.1) is 11.3 Å². The zero-order valence-corrected chi connectivity index (χ0v) is 9.41. The highest BCUT2D eigenvalue weighted by atomic mass is 32.1. The lowest BCUT2D eigenvalue weighted by Gasteiger charge is -1.93. The molecule has 0 aromatic carbocycles. The topological polar surface area (TPSA) is 47.8 Å². The van der Waals surface area contributed by atoms with E-state index in [1.54, 1.807) is 35.3 Å². The van der Waals surface area contributed by atoms with Crippen LogP contribution in [-0.4, -0.2) is 20.5 Å². The first-order valence-electron chi connectivity index (χ1n) is 4.59. The number of nitrogens with zero attached hydrogens (tertiary/aromatic N) is 3. The fraction of sp³-hybridized carbons (Fsp3) is 0.300. The third-order valence-corrected chi connectivity index (χ3v) is 2.83. The molecule has 0 radical (unpaired) electrons. The summed E-state index contributed by atoms with van der Waals surface area (Å²) in [6.07, 6.45) is 2.10. The summed E-state index contributed by atoms with van der Waals surface area (Å²) >= 11 is 1.56. The van der Waals surface area contributed by atoms with E-state index in [1.165, 1.54) is 0 Å². The van der Waals surface area contributed by atoms with E-state index in [-0.39, 0.29) is 5.78 Å². The molecule has 15 heavy (non-hydrogen) atoms. The number of rotatable bonds is 3. The Morgan fingerprint density at radius 3 is 2.93 bits per heavy atom. The van der Waals surface area contributed by atoms with Crippen molar-refractivity contribution < 1.29 is 4.79 Å². The Hall–Kier alpha value is -1.49. The minimum absolute atomic E-state index is 0.0147. The van der Waals surface area contributed by atoms with Crippen molar-refractivity contribution >= 4 is 17.1 Å². The number of carbonyl (C=O) groups excluding carboxylic acids is 1. The SMILES string of the molecule is Cc1nc(CC(=O)c2ccn(C)n2)cs1. The summed E-state index contributed by atoms with van der Waals surface area (Å²) in [7, 11) is 1.80. The number of thiazole rings is 1. The third kappa shape index (κ3) is 2.30. The van der Waals surface area contributed by atoms with Crippen LogP contribution in [0.2, 0.25) is 0 Å². The summed E-state index contributed by atoms with van der Waals surface area (Å²) in [4.78, 5) is 16.0. The van der Waals surface area contributed by atoms with E-state index >= 15 is 0 Å². The minimum atomic E-state index is 0.0147. The van der Waals surface area contributed by atoms with Crippen LogP contribution in [0.3, 0.4) is 0 Å². The summed E-state index contributed by atoms with van der Waals surface area (Å²) < 4.78 is 1.62. The highest BCUT2D eigenvalue weighted by Gasteiger charge is 2.11. The first kappa shape index (κ1) is 10.0. The molecule has 0 unspecified atom stereocenters. The van der Waals surface area contributed by atoms with Crippen LogP contribution >= 0.6 is 11.3 Å². The molecule has 2 rings (SSSR count). The second-order valence-corrected chi connectivity index (χ2v) is 4.39. The standard InChI is InChI=1S/C10H11N3OS/c1-7-11-8(6-15-7)5-10(14)9-3-4-13(2)12-9/h3-4,6H,5H2,1-2H3. The molecule has 4 nitrogen and oxygen atoms in total. The number of aryl methyl sites for hydroxylation is 2. The quantitative estimate of drug-likeness (QED) is 0.740. The molecule has 0 bridgehead atoms. The zero-order valence-electron chi connectivity index (χ0n) is 8.60. The number of carbonyl (C=O) groups is 1. The first-order valence-corrected chi connectivity index (χ1v) is 5.47. The number of hydrogen-bond donors (Lipinski definition) is 0. The lowest BCUT2D eigenvalue weighted by molar-refractivity contribution is 0.0986. The fourth-order valence-corrected chi connectivity index (χ4v) is 1.92. The summed E-state index contributed by atoms with van der Waals surface area (Å²) in [5, 5.41) is 6.95. The number of Topliss-reactive ketones (excluding diaryl/α,β-unsaturated/α-hetero) is 1. The largest absolute Gasteiger partial charge is 0.292 e. The maximum absolute atomic E-state index is 11.7.